The summed E-state index contributed by atoms with van der Waals surface area (Å²) >= 11 is 1.11. The summed E-state index contributed by atoms with van der Waals surface area (Å²) in [5.41, 5.74) is 1.77. The van der Waals surface area contributed by atoms with E-state index in [0.717, 1.165) is 37.0 Å². The molecule has 1 aliphatic rings. The average molecular weight is 508 g/mol. The lowest BCUT2D eigenvalue weighted by Crippen LogP contribution is -2.39. The number of aryl methyl sites for hydroxylation is 1. The minimum absolute atomic E-state index is 0. The Morgan fingerprint density at radius 3 is 2.79 bits per heavy atom. The molecular formula is C23H24ClF2N5O2S. The van der Waals surface area contributed by atoms with Gasteiger partial charge in [-0.2, -0.15) is 0 Å². The number of hydrogen-bond acceptors (Lipinski definition) is 6. The van der Waals surface area contributed by atoms with Crippen LogP contribution in [0.5, 0.6) is 0 Å². The number of pyridine rings is 1. The molecular weight excluding hydrogens is 484 g/mol. The third kappa shape index (κ3) is 4.76. The van der Waals surface area contributed by atoms with Crippen LogP contribution in [0.1, 0.15) is 22.6 Å². The number of halogens is 3. The number of aromatic nitrogens is 3. The summed E-state index contributed by atoms with van der Waals surface area (Å²) < 4.78 is 35.6. The maximum atomic E-state index is 14.3. The largest absolute Gasteiger partial charge is 0.379 e. The summed E-state index contributed by atoms with van der Waals surface area (Å²) in [6.45, 7) is 6.09. The zero-order valence-electron chi connectivity index (χ0n) is 18.5. The van der Waals surface area contributed by atoms with E-state index in [1.807, 2.05) is 18.2 Å². The molecule has 3 aromatic heterocycles. The summed E-state index contributed by atoms with van der Waals surface area (Å²) in [5.74, 6) is -1.68. The SMILES string of the molecule is Cc1nc2ccccn2c1C(=O)N(CCCN1CCOCC1)c1nc2c(F)cc(F)cc2s1.Cl. The molecule has 180 valence electrons. The van der Waals surface area contributed by atoms with Gasteiger partial charge < -0.3 is 4.74 Å². The molecule has 7 nitrogen and oxygen atoms in total. The molecule has 0 bridgehead atoms. The molecule has 0 radical (unpaired) electrons. The van der Waals surface area contributed by atoms with Gasteiger partial charge in [0.05, 0.1) is 23.6 Å². The molecule has 0 spiro atoms. The van der Waals surface area contributed by atoms with Crippen molar-refractivity contribution in [2.75, 3.05) is 44.3 Å². The first-order chi connectivity index (χ1) is 16.0. The van der Waals surface area contributed by atoms with E-state index in [1.54, 1.807) is 22.4 Å². The third-order valence-electron chi connectivity index (χ3n) is 5.74. The Labute approximate surface area is 205 Å². The highest BCUT2D eigenvalue weighted by Crippen LogP contribution is 2.32. The van der Waals surface area contributed by atoms with Crippen molar-refractivity contribution in [2.45, 2.75) is 13.3 Å². The molecule has 0 unspecified atom stereocenters. The van der Waals surface area contributed by atoms with Gasteiger partial charge in [0.1, 0.15) is 22.7 Å². The van der Waals surface area contributed by atoms with Gasteiger partial charge in [-0.15, -0.1) is 12.4 Å². The highest BCUT2D eigenvalue weighted by molar-refractivity contribution is 7.22. The molecule has 0 N–H and O–H groups in total. The predicted octanol–water partition coefficient (Wildman–Crippen LogP) is 4.32. The number of carbonyl (C=O) groups excluding carboxylic acids is 1. The molecule has 1 aromatic carbocycles. The fourth-order valence-corrected chi connectivity index (χ4v) is 5.15. The van der Waals surface area contributed by atoms with Gasteiger partial charge in [0.25, 0.3) is 5.91 Å². The monoisotopic (exact) mass is 507 g/mol. The molecule has 1 amide bonds. The van der Waals surface area contributed by atoms with Gasteiger partial charge in [-0.05, 0) is 31.5 Å². The molecule has 0 aliphatic carbocycles. The molecule has 1 fully saturated rings. The Balaban J connectivity index is 0.00000274. The minimum atomic E-state index is -0.737. The summed E-state index contributed by atoms with van der Waals surface area (Å²) in [6.07, 6.45) is 2.50. The number of nitrogens with zero attached hydrogens (tertiary/aromatic N) is 5. The van der Waals surface area contributed by atoms with E-state index in [9.17, 15) is 13.6 Å². The lowest BCUT2D eigenvalue weighted by molar-refractivity contribution is 0.0376. The van der Waals surface area contributed by atoms with Crippen LogP contribution in [0.25, 0.3) is 15.9 Å². The van der Waals surface area contributed by atoms with Crippen molar-refractivity contribution in [1.82, 2.24) is 19.3 Å². The van der Waals surface area contributed by atoms with Crippen molar-refractivity contribution >= 4 is 50.6 Å². The van der Waals surface area contributed by atoms with Gasteiger partial charge in [-0.3, -0.25) is 19.0 Å². The smallest absolute Gasteiger partial charge is 0.278 e. The van der Waals surface area contributed by atoms with Crippen molar-refractivity contribution in [2.24, 2.45) is 0 Å². The number of benzene rings is 1. The topological polar surface area (TPSA) is 63.0 Å². The summed E-state index contributed by atoms with van der Waals surface area (Å²) in [6, 6.07) is 7.59. The van der Waals surface area contributed by atoms with Gasteiger partial charge in [0.15, 0.2) is 10.9 Å². The number of ether oxygens (including phenoxy) is 1. The molecule has 4 heterocycles. The number of morpholine rings is 1. The number of imidazole rings is 1. The van der Waals surface area contributed by atoms with Crippen molar-refractivity contribution in [3.05, 3.63) is 59.6 Å². The summed E-state index contributed by atoms with van der Waals surface area (Å²) in [4.78, 5) is 26.5. The number of rotatable bonds is 6. The summed E-state index contributed by atoms with van der Waals surface area (Å²) in [5, 5.41) is 0.340. The molecule has 4 aromatic rings. The first-order valence-electron chi connectivity index (χ1n) is 10.8. The molecule has 34 heavy (non-hydrogen) atoms. The van der Waals surface area contributed by atoms with Crippen LogP contribution < -0.4 is 4.90 Å². The Bertz CT molecular complexity index is 1320. The molecule has 1 aliphatic heterocycles. The van der Waals surface area contributed by atoms with E-state index >= 15 is 0 Å². The standard InChI is InChI=1S/C23H23F2N5O2S.ClH/c1-15-21(29-7-3-2-5-19(29)26-15)22(31)30(8-4-6-28-9-11-32-12-10-28)23-27-20-17(25)13-16(24)14-18(20)33-23;/h2-3,5,7,13-14H,4,6,8-12H2,1H3;1H. The van der Waals surface area contributed by atoms with Crippen LogP contribution in [0.15, 0.2) is 36.5 Å². The van der Waals surface area contributed by atoms with Crippen molar-refractivity contribution < 1.29 is 18.3 Å². The zero-order chi connectivity index (χ0) is 22.9. The van der Waals surface area contributed by atoms with Gasteiger partial charge >= 0.3 is 0 Å². The predicted molar refractivity (Wildman–Crippen MR) is 130 cm³/mol. The fraction of sp³-hybridized carbons (Fsp3) is 0.348. The van der Waals surface area contributed by atoms with E-state index in [2.05, 4.69) is 14.9 Å². The van der Waals surface area contributed by atoms with Gasteiger partial charge in [0, 0.05) is 38.4 Å². The van der Waals surface area contributed by atoms with E-state index in [0.29, 0.717) is 53.0 Å². The quantitative estimate of drug-likeness (QED) is 0.389. The van der Waals surface area contributed by atoms with E-state index in [1.165, 1.54) is 6.07 Å². The van der Waals surface area contributed by atoms with Gasteiger partial charge in [0.2, 0.25) is 0 Å². The van der Waals surface area contributed by atoms with Crippen LogP contribution in [-0.4, -0.2) is 64.6 Å². The number of amides is 1. The zero-order valence-corrected chi connectivity index (χ0v) is 20.2. The second-order valence-electron chi connectivity index (χ2n) is 7.97. The molecule has 1 saturated heterocycles. The maximum absolute atomic E-state index is 14.3. The lowest BCUT2D eigenvalue weighted by atomic mass is 10.2. The van der Waals surface area contributed by atoms with Crippen LogP contribution in [0.4, 0.5) is 13.9 Å². The Hall–Kier alpha value is -2.66. The second kappa shape index (κ2) is 10.3. The van der Waals surface area contributed by atoms with Crippen LogP contribution in [0, 0.1) is 18.6 Å². The van der Waals surface area contributed by atoms with E-state index in [4.69, 9.17) is 4.74 Å². The molecule has 0 atom stereocenters. The van der Waals surface area contributed by atoms with Gasteiger partial charge in [-0.1, -0.05) is 17.4 Å². The van der Waals surface area contributed by atoms with Crippen molar-refractivity contribution in [3.8, 4) is 0 Å². The highest BCUT2D eigenvalue weighted by atomic mass is 35.5. The lowest BCUT2D eigenvalue weighted by Gasteiger charge is -2.27. The Morgan fingerprint density at radius 1 is 1.21 bits per heavy atom. The molecule has 0 saturated carbocycles. The van der Waals surface area contributed by atoms with Crippen LogP contribution >= 0.6 is 23.7 Å². The third-order valence-corrected chi connectivity index (χ3v) is 6.77. The normalized spacial score (nSPS) is 14.4. The Morgan fingerprint density at radius 2 is 2.00 bits per heavy atom. The number of hydrogen-bond donors (Lipinski definition) is 0. The molecule has 5 rings (SSSR count). The minimum Gasteiger partial charge on any atom is -0.379 e. The average Bonchev–Trinajstić information content (AvgIpc) is 3.37. The number of thiazole rings is 1. The van der Waals surface area contributed by atoms with Crippen molar-refractivity contribution in [1.29, 1.82) is 0 Å². The number of fused-ring (bicyclic) bond motifs is 2. The fourth-order valence-electron chi connectivity index (χ4n) is 4.12. The maximum Gasteiger partial charge on any atom is 0.278 e. The molecule has 11 heteroatoms. The number of anilines is 1. The van der Waals surface area contributed by atoms with Crippen LogP contribution in [-0.2, 0) is 4.74 Å². The van der Waals surface area contributed by atoms with Crippen LogP contribution in [0.3, 0.4) is 0 Å². The van der Waals surface area contributed by atoms with E-state index < -0.39 is 11.6 Å². The Kier molecular flexibility index (Phi) is 7.42. The first kappa shape index (κ1) is 24.5. The first-order valence-corrected chi connectivity index (χ1v) is 11.6. The van der Waals surface area contributed by atoms with E-state index in [-0.39, 0.29) is 23.8 Å². The number of carbonyl (C=O) groups is 1. The van der Waals surface area contributed by atoms with Gasteiger partial charge in [-0.25, -0.2) is 18.7 Å². The van der Waals surface area contributed by atoms with Crippen molar-refractivity contribution in [3.63, 3.8) is 0 Å². The van der Waals surface area contributed by atoms with Crippen LogP contribution in [0.2, 0.25) is 0 Å². The second-order valence-corrected chi connectivity index (χ2v) is 8.98. The summed E-state index contributed by atoms with van der Waals surface area (Å²) in [7, 11) is 0. The highest BCUT2D eigenvalue weighted by Gasteiger charge is 2.27.